The maximum absolute atomic E-state index is 11.8. The molecule has 0 bridgehead atoms. The van der Waals surface area contributed by atoms with Crippen molar-refractivity contribution in [2.24, 2.45) is 5.41 Å². The van der Waals surface area contributed by atoms with Crippen LogP contribution in [-0.2, 0) is 9.59 Å². The van der Waals surface area contributed by atoms with Crippen molar-refractivity contribution in [2.75, 3.05) is 6.61 Å². The van der Waals surface area contributed by atoms with Crippen LogP contribution in [0.5, 0.6) is 5.75 Å². The molecule has 5 nitrogen and oxygen atoms in total. The van der Waals surface area contributed by atoms with Gasteiger partial charge in [0.2, 0.25) is 0 Å². The predicted octanol–water partition coefficient (Wildman–Crippen LogP) is 2.99. The van der Waals surface area contributed by atoms with Crippen molar-refractivity contribution in [1.29, 1.82) is 0 Å². The van der Waals surface area contributed by atoms with Gasteiger partial charge in [-0.2, -0.15) is 0 Å². The first-order chi connectivity index (χ1) is 9.61. The predicted molar refractivity (Wildman–Crippen MR) is 81.0 cm³/mol. The van der Waals surface area contributed by atoms with Crippen LogP contribution in [0.25, 0.3) is 0 Å². The lowest BCUT2D eigenvalue weighted by atomic mass is 9.87. The topological polar surface area (TPSA) is 75.6 Å². The Bertz CT molecular complexity index is 540. The second kappa shape index (κ2) is 7.00. The lowest BCUT2D eigenvalue weighted by Crippen LogP contribution is -2.50. The zero-order valence-corrected chi connectivity index (χ0v) is 13.5. The van der Waals surface area contributed by atoms with Crippen LogP contribution in [0.3, 0.4) is 0 Å². The molecular weight excluding hydrogens is 317 g/mol. The Balaban J connectivity index is 2.61. The summed E-state index contributed by atoms with van der Waals surface area (Å²) in [5.41, 5.74) is -0.606. The van der Waals surface area contributed by atoms with Gasteiger partial charge in [0.05, 0.1) is 10.0 Å². The van der Waals surface area contributed by atoms with Crippen LogP contribution in [-0.4, -0.2) is 29.6 Å². The largest absolute Gasteiger partial charge is 0.484 e. The SMILES string of the molecule is CC(C)(C)[C@H](NC(=O)COc1ccc(Cl)c(Cl)c1)C(=O)O. The van der Waals surface area contributed by atoms with Gasteiger partial charge in [-0.15, -0.1) is 0 Å². The molecule has 0 unspecified atom stereocenters. The van der Waals surface area contributed by atoms with Crippen LogP contribution in [0.15, 0.2) is 18.2 Å². The number of carboxylic acid groups (broad SMARTS) is 1. The number of hydrogen-bond acceptors (Lipinski definition) is 3. The number of halogens is 2. The molecule has 0 saturated carbocycles. The summed E-state index contributed by atoms with van der Waals surface area (Å²) in [5, 5.41) is 12.2. The Hall–Kier alpha value is -1.46. The number of rotatable bonds is 5. The van der Waals surface area contributed by atoms with E-state index in [4.69, 9.17) is 33.0 Å². The molecule has 0 aliphatic heterocycles. The fourth-order valence-corrected chi connectivity index (χ4v) is 1.85. The van der Waals surface area contributed by atoms with Gasteiger partial charge < -0.3 is 15.2 Å². The summed E-state index contributed by atoms with van der Waals surface area (Å²) in [6.07, 6.45) is 0. The van der Waals surface area contributed by atoms with Crippen LogP contribution in [0.4, 0.5) is 0 Å². The Morgan fingerprint density at radius 3 is 2.38 bits per heavy atom. The standard InChI is InChI=1S/C14H17Cl2NO4/c1-14(2,3)12(13(19)20)17-11(18)7-21-8-4-5-9(15)10(16)6-8/h4-6,12H,7H2,1-3H3,(H,17,18)(H,19,20)/t12-/m1/s1. The highest BCUT2D eigenvalue weighted by atomic mass is 35.5. The molecule has 0 saturated heterocycles. The number of aliphatic carboxylic acids is 1. The molecule has 2 N–H and O–H groups in total. The van der Waals surface area contributed by atoms with Crippen molar-refractivity contribution in [3.8, 4) is 5.75 Å². The van der Waals surface area contributed by atoms with Gasteiger partial charge >= 0.3 is 5.97 Å². The van der Waals surface area contributed by atoms with Gasteiger partial charge in [-0.3, -0.25) is 4.79 Å². The third-order valence-corrected chi connectivity index (χ3v) is 3.42. The molecule has 0 fully saturated rings. The van der Waals surface area contributed by atoms with E-state index in [-0.39, 0.29) is 6.61 Å². The Morgan fingerprint density at radius 1 is 1.29 bits per heavy atom. The summed E-state index contributed by atoms with van der Waals surface area (Å²) < 4.78 is 5.25. The normalized spacial score (nSPS) is 12.6. The Kier molecular flexibility index (Phi) is 5.87. The maximum Gasteiger partial charge on any atom is 0.326 e. The zero-order chi connectivity index (χ0) is 16.2. The number of benzene rings is 1. The van der Waals surface area contributed by atoms with Crippen LogP contribution in [0.2, 0.25) is 10.0 Å². The lowest BCUT2D eigenvalue weighted by Gasteiger charge is -2.27. The molecule has 0 aliphatic carbocycles. The van der Waals surface area contributed by atoms with E-state index in [9.17, 15) is 9.59 Å². The van der Waals surface area contributed by atoms with Gasteiger partial charge in [0.25, 0.3) is 5.91 Å². The summed E-state index contributed by atoms with van der Waals surface area (Å²) >= 11 is 11.6. The molecule has 1 aromatic rings. The molecule has 116 valence electrons. The summed E-state index contributed by atoms with van der Waals surface area (Å²) in [6.45, 7) is 4.88. The van der Waals surface area contributed by atoms with Crippen molar-refractivity contribution in [1.82, 2.24) is 5.32 Å². The fourth-order valence-electron chi connectivity index (χ4n) is 1.57. The molecule has 1 rings (SSSR count). The molecule has 1 atom stereocenters. The number of hydrogen-bond donors (Lipinski definition) is 2. The molecule has 7 heteroatoms. The second-order valence-corrected chi connectivity index (χ2v) is 6.38. The zero-order valence-electron chi connectivity index (χ0n) is 11.9. The van der Waals surface area contributed by atoms with E-state index in [0.717, 1.165) is 0 Å². The van der Waals surface area contributed by atoms with Crippen LogP contribution < -0.4 is 10.1 Å². The van der Waals surface area contributed by atoms with Crippen molar-refractivity contribution < 1.29 is 19.4 Å². The minimum absolute atomic E-state index is 0.308. The van der Waals surface area contributed by atoms with Gasteiger partial charge in [0, 0.05) is 6.07 Å². The first-order valence-corrected chi connectivity index (χ1v) is 6.97. The van der Waals surface area contributed by atoms with E-state index < -0.39 is 23.3 Å². The number of carboxylic acids is 1. The van der Waals surface area contributed by atoms with Crippen LogP contribution >= 0.6 is 23.2 Å². The van der Waals surface area contributed by atoms with E-state index in [1.54, 1.807) is 32.9 Å². The van der Waals surface area contributed by atoms with Gasteiger partial charge in [0.15, 0.2) is 6.61 Å². The molecule has 0 spiro atoms. The number of amides is 1. The van der Waals surface area contributed by atoms with Crippen molar-refractivity contribution in [2.45, 2.75) is 26.8 Å². The highest BCUT2D eigenvalue weighted by Gasteiger charge is 2.32. The lowest BCUT2D eigenvalue weighted by molar-refractivity contribution is -0.145. The average molecular weight is 334 g/mol. The van der Waals surface area contributed by atoms with E-state index >= 15 is 0 Å². The molecule has 1 amide bonds. The van der Waals surface area contributed by atoms with Crippen LogP contribution in [0, 0.1) is 5.41 Å². The van der Waals surface area contributed by atoms with Crippen LogP contribution in [0.1, 0.15) is 20.8 Å². The molecule has 1 aromatic carbocycles. The summed E-state index contributed by atoms with van der Waals surface area (Å²) in [6, 6.07) is 3.60. The van der Waals surface area contributed by atoms with Crippen molar-refractivity contribution >= 4 is 35.1 Å². The highest BCUT2D eigenvalue weighted by Crippen LogP contribution is 2.26. The van der Waals surface area contributed by atoms with Gasteiger partial charge in [-0.05, 0) is 17.5 Å². The smallest absolute Gasteiger partial charge is 0.326 e. The first kappa shape index (κ1) is 17.6. The summed E-state index contributed by atoms with van der Waals surface area (Å²) in [4.78, 5) is 22.9. The molecular formula is C14H17Cl2NO4. The van der Waals surface area contributed by atoms with Crippen molar-refractivity contribution in [3.63, 3.8) is 0 Å². The molecule has 0 radical (unpaired) electrons. The maximum atomic E-state index is 11.8. The quantitative estimate of drug-likeness (QED) is 0.868. The molecule has 0 aromatic heterocycles. The van der Waals surface area contributed by atoms with E-state index in [0.29, 0.717) is 15.8 Å². The van der Waals surface area contributed by atoms with Gasteiger partial charge in [0.1, 0.15) is 11.8 Å². The first-order valence-electron chi connectivity index (χ1n) is 6.21. The molecule has 0 heterocycles. The molecule has 21 heavy (non-hydrogen) atoms. The van der Waals surface area contributed by atoms with Crippen molar-refractivity contribution in [3.05, 3.63) is 28.2 Å². The molecule has 0 aliphatic rings. The third kappa shape index (κ3) is 5.44. The minimum atomic E-state index is -1.09. The van der Waals surface area contributed by atoms with E-state index in [2.05, 4.69) is 5.32 Å². The summed E-state index contributed by atoms with van der Waals surface area (Å²) in [5.74, 6) is -1.24. The number of carbonyl (C=O) groups excluding carboxylic acids is 1. The monoisotopic (exact) mass is 333 g/mol. The summed E-state index contributed by atoms with van der Waals surface area (Å²) in [7, 11) is 0. The number of nitrogens with one attached hydrogen (secondary N) is 1. The minimum Gasteiger partial charge on any atom is -0.484 e. The Labute approximate surface area is 133 Å². The fraction of sp³-hybridized carbons (Fsp3) is 0.429. The highest BCUT2D eigenvalue weighted by molar-refractivity contribution is 6.42. The second-order valence-electron chi connectivity index (χ2n) is 5.57. The Morgan fingerprint density at radius 2 is 1.90 bits per heavy atom. The van der Waals surface area contributed by atoms with E-state index in [1.165, 1.54) is 6.07 Å². The van der Waals surface area contributed by atoms with Gasteiger partial charge in [-0.1, -0.05) is 44.0 Å². The third-order valence-electron chi connectivity index (χ3n) is 2.68. The van der Waals surface area contributed by atoms with Gasteiger partial charge in [-0.25, -0.2) is 4.79 Å². The number of carbonyl (C=O) groups is 2. The van der Waals surface area contributed by atoms with E-state index in [1.807, 2.05) is 0 Å². The average Bonchev–Trinajstić information content (AvgIpc) is 2.35. The number of ether oxygens (including phenoxy) is 1.